The second-order valence-corrected chi connectivity index (χ2v) is 6.73. The van der Waals surface area contributed by atoms with E-state index >= 15 is 0 Å². The molecule has 0 aromatic heterocycles. The zero-order chi connectivity index (χ0) is 13.8. The topological polar surface area (TPSA) is 15.3 Å². The van der Waals surface area contributed by atoms with Gasteiger partial charge in [0.15, 0.2) is 0 Å². The highest BCUT2D eigenvalue weighted by Crippen LogP contribution is 2.28. The second-order valence-electron chi connectivity index (χ2n) is 6.32. The molecule has 3 rings (SSSR count). The molecule has 1 N–H and O–H groups in total. The molecule has 1 aliphatic heterocycles. The Morgan fingerprint density at radius 3 is 2.65 bits per heavy atom. The number of rotatable bonds is 5. The lowest BCUT2D eigenvalue weighted by atomic mass is 10.0. The third kappa shape index (κ3) is 3.55. The van der Waals surface area contributed by atoms with E-state index in [1.54, 1.807) is 0 Å². The molecule has 110 valence electrons. The molecule has 20 heavy (non-hydrogen) atoms. The summed E-state index contributed by atoms with van der Waals surface area (Å²) >= 11 is 6.35. The first-order chi connectivity index (χ1) is 9.83. The molecule has 0 radical (unpaired) electrons. The summed E-state index contributed by atoms with van der Waals surface area (Å²) in [5.74, 6) is 0.901. The highest BCUT2D eigenvalue weighted by Gasteiger charge is 2.26. The van der Waals surface area contributed by atoms with Crippen LogP contribution < -0.4 is 5.32 Å². The first-order valence-corrected chi connectivity index (χ1v) is 8.39. The Balaban J connectivity index is 1.69. The Kier molecular flexibility index (Phi) is 4.98. The van der Waals surface area contributed by atoms with Gasteiger partial charge in [-0.05, 0) is 43.4 Å². The maximum atomic E-state index is 6.35. The normalized spacial score (nSPS) is 23.8. The van der Waals surface area contributed by atoms with E-state index in [0.717, 1.165) is 30.6 Å². The van der Waals surface area contributed by atoms with Crippen molar-refractivity contribution in [3.63, 3.8) is 0 Å². The predicted octanol–water partition coefficient (Wildman–Crippen LogP) is 3.69. The Bertz CT molecular complexity index is 423. The molecular formula is C17H25ClN2. The largest absolute Gasteiger partial charge is 0.315 e. The summed E-state index contributed by atoms with van der Waals surface area (Å²) in [5, 5.41) is 4.42. The zero-order valence-corrected chi connectivity index (χ0v) is 12.9. The van der Waals surface area contributed by atoms with Gasteiger partial charge < -0.3 is 5.32 Å². The van der Waals surface area contributed by atoms with Crippen LogP contribution in [0.25, 0.3) is 0 Å². The maximum absolute atomic E-state index is 6.35. The fourth-order valence-electron chi connectivity index (χ4n) is 3.66. The lowest BCUT2D eigenvalue weighted by Crippen LogP contribution is -2.39. The molecule has 2 aliphatic rings. The van der Waals surface area contributed by atoms with Crippen molar-refractivity contribution in [3.05, 3.63) is 34.9 Å². The van der Waals surface area contributed by atoms with E-state index in [1.807, 2.05) is 12.1 Å². The number of benzene rings is 1. The molecule has 0 spiro atoms. The van der Waals surface area contributed by atoms with E-state index in [4.69, 9.17) is 11.6 Å². The van der Waals surface area contributed by atoms with Crippen molar-refractivity contribution in [2.45, 2.75) is 44.7 Å². The molecule has 0 bridgehead atoms. The molecule has 3 heteroatoms. The summed E-state index contributed by atoms with van der Waals surface area (Å²) in [7, 11) is 0. The van der Waals surface area contributed by atoms with E-state index in [9.17, 15) is 0 Å². The van der Waals surface area contributed by atoms with Crippen molar-refractivity contribution in [1.82, 2.24) is 10.2 Å². The van der Waals surface area contributed by atoms with Crippen LogP contribution >= 0.6 is 11.6 Å². The molecule has 1 saturated carbocycles. The second kappa shape index (κ2) is 6.93. The van der Waals surface area contributed by atoms with E-state index < -0.39 is 0 Å². The van der Waals surface area contributed by atoms with Gasteiger partial charge in [0.25, 0.3) is 0 Å². The third-order valence-electron chi connectivity index (χ3n) is 4.85. The molecule has 0 unspecified atom stereocenters. The summed E-state index contributed by atoms with van der Waals surface area (Å²) < 4.78 is 0. The lowest BCUT2D eigenvalue weighted by Gasteiger charge is -2.31. The summed E-state index contributed by atoms with van der Waals surface area (Å²) in [6.07, 6.45) is 6.95. The van der Waals surface area contributed by atoms with Crippen molar-refractivity contribution < 1.29 is 0 Å². The number of nitrogens with zero attached hydrogens (tertiary/aromatic N) is 1. The van der Waals surface area contributed by atoms with Crippen molar-refractivity contribution in [1.29, 1.82) is 0 Å². The summed E-state index contributed by atoms with van der Waals surface area (Å²) in [5.41, 5.74) is 1.28. The minimum absolute atomic E-state index is 0.687. The Morgan fingerprint density at radius 2 is 1.95 bits per heavy atom. The molecule has 1 saturated heterocycles. The Morgan fingerprint density at radius 1 is 1.15 bits per heavy atom. The van der Waals surface area contributed by atoms with Crippen LogP contribution in [0.3, 0.4) is 0 Å². The SMILES string of the molecule is Clc1ccccc1CN(CC1CCCC1)[C@H]1CCNC1. The van der Waals surface area contributed by atoms with Crippen molar-refractivity contribution in [2.75, 3.05) is 19.6 Å². The lowest BCUT2D eigenvalue weighted by molar-refractivity contribution is 0.168. The Hall–Kier alpha value is -0.570. The predicted molar refractivity (Wildman–Crippen MR) is 85.1 cm³/mol. The molecule has 1 heterocycles. The van der Waals surface area contributed by atoms with E-state index in [2.05, 4.69) is 22.3 Å². The van der Waals surface area contributed by atoms with Gasteiger partial charge in [-0.15, -0.1) is 0 Å². The average Bonchev–Trinajstić information content (AvgIpc) is 3.12. The van der Waals surface area contributed by atoms with Crippen LogP contribution in [0, 0.1) is 5.92 Å². The first kappa shape index (κ1) is 14.4. The zero-order valence-electron chi connectivity index (χ0n) is 12.2. The quantitative estimate of drug-likeness (QED) is 0.890. The number of nitrogens with one attached hydrogen (secondary N) is 1. The number of hydrogen-bond acceptors (Lipinski definition) is 2. The van der Waals surface area contributed by atoms with E-state index in [0.29, 0.717) is 6.04 Å². The number of halogens is 1. The van der Waals surface area contributed by atoms with Crippen LogP contribution in [0.5, 0.6) is 0 Å². The molecule has 2 fully saturated rings. The highest BCUT2D eigenvalue weighted by molar-refractivity contribution is 6.31. The van der Waals surface area contributed by atoms with Crippen LogP contribution in [-0.4, -0.2) is 30.6 Å². The standard InChI is InChI=1S/C17H25ClN2/c18-17-8-4-3-7-15(17)13-20(16-9-10-19-11-16)12-14-5-1-2-6-14/h3-4,7-8,14,16,19H,1-2,5-6,9-13H2/t16-/m0/s1. The molecule has 1 aliphatic carbocycles. The first-order valence-electron chi connectivity index (χ1n) is 8.01. The van der Waals surface area contributed by atoms with Gasteiger partial charge in [-0.2, -0.15) is 0 Å². The molecule has 1 atom stereocenters. The monoisotopic (exact) mass is 292 g/mol. The average molecular weight is 293 g/mol. The van der Waals surface area contributed by atoms with Gasteiger partial charge in [0.05, 0.1) is 0 Å². The summed E-state index contributed by atoms with van der Waals surface area (Å²) in [4.78, 5) is 2.68. The maximum Gasteiger partial charge on any atom is 0.0451 e. The van der Waals surface area contributed by atoms with E-state index in [-0.39, 0.29) is 0 Å². The number of hydrogen-bond donors (Lipinski definition) is 1. The van der Waals surface area contributed by atoms with Crippen LogP contribution in [-0.2, 0) is 6.54 Å². The van der Waals surface area contributed by atoms with Gasteiger partial charge in [-0.1, -0.05) is 42.6 Å². The third-order valence-corrected chi connectivity index (χ3v) is 5.22. The Labute approximate surface area is 127 Å². The minimum Gasteiger partial charge on any atom is -0.315 e. The smallest absolute Gasteiger partial charge is 0.0451 e. The van der Waals surface area contributed by atoms with Crippen molar-refractivity contribution in [3.8, 4) is 0 Å². The molecule has 0 amide bonds. The van der Waals surface area contributed by atoms with Gasteiger partial charge in [-0.25, -0.2) is 0 Å². The molecule has 1 aromatic rings. The van der Waals surface area contributed by atoms with Gasteiger partial charge in [0, 0.05) is 30.7 Å². The minimum atomic E-state index is 0.687. The van der Waals surface area contributed by atoms with Crippen LogP contribution in [0.1, 0.15) is 37.7 Å². The van der Waals surface area contributed by atoms with Crippen molar-refractivity contribution in [2.24, 2.45) is 5.92 Å². The van der Waals surface area contributed by atoms with Gasteiger partial charge in [0.2, 0.25) is 0 Å². The summed E-state index contributed by atoms with van der Waals surface area (Å²) in [6.45, 7) is 4.55. The fraction of sp³-hybridized carbons (Fsp3) is 0.647. The van der Waals surface area contributed by atoms with Gasteiger partial charge in [-0.3, -0.25) is 4.90 Å². The van der Waals surface area contributed by atoms with Crippen LogP contribution in [0.2, 0.25) is 5.02 Å². The highest BCUT2D eigenvalue weighted by atomic mass is 35.5. The summed E-state index contributed by atoms with van der Waals surface area (Å²) in [6, 6.07) is 8.99. The van der Waals surface area contributed by atoms with Gasteiger partial charge >= 0.3 is 0 Å². The van der Waals surface area contributed by atoms with Gasteiger partial charge in [0.1, 0.15) is 0 Å². The molecule has 2 nitrogen and oxygen atoms in total. The van der Waals surface area contributed by atoms with E-state index in [1.165, 1.54) is 44.2 Å². The molecule has 1 aromatic carbocycles. The molecular weight excluding hydrogens is 268 g/mol. The van der Waals surface area contributed by atoms with Crippen molar-refractivity contribution >= 4 is 11.6 Å². The van der Waals surface area contributed by atoms with Crippen LogP contribution in [0.4, 0.5) is 0 Å². The van der Waals surface area contributed by atoms with Crippen LogP contribution in [0.15, 0.2) is 24.3 Å². The fourth-order valence-corrected chi connectivity index (χ4v) is 3.86.